The Bertz CT molecular complexity index is 575. The summed E-state index contributed by atoms with van der Waals surface area (Å²) in [5, 5.41) is 9.96. The molecule has 142 valence electrons. The molecule has 1 saturated heterocycles. The van der Waals surface area contributed by atoms with E-state index in [0.29, 0.717) is 18.9 Å². The summed E-state index contributed by atoms with van der Waals surface area (Å²) in [4.78, 5) is 23.0. The van der Waals surface area contributed by atoms with Crippen molar-refractivity contribution in [2.45, 2.75) is 59.0 Å². The second-order valence-electron chi connectivity index (χ2n) is 6.35. The molecule has 1 aliphatic heterocycles. The Labute approximate surface area is 171 Å². The maximum atomic E-state index is 11.8. The number of thiazole rings is 1. The maximum absolute atomic E-state index is 11.8. The van der Waals surface area contributed by atoms with Gasteiger partial charge in [-0.15, -0.1) is 35.3 Å². The number of hydrogen-bond acceptors (Lipinski definition) is 4. The third-order valence-electron chi connectivity index (χ3n) is 3.99. The zero-order valence-corrected chi connectivity index (χ0v) is 18.7. The van der Waals surface area contributed by atoms with Crippen molar-refractivity contribution in [1.82, 2.24) is 20.5 Å². The first-order valence-electron chi connectivity index (χ1n) is 8.80. The lowest BCUT2D eigenvalue weighted by Crippen LogP contribution is -2.45. The summed E-state index contributed by atoms with van der Waals surface area (Å²) in [5.74, 6) is 1.48. The summed E-state index contributed by atoms with van der Waals surface area (Å²) >= 11 is 1.70. The Morgan fingerprint density at radius 3 is 2.84 bits per heavy atom. The van der Waals surface area contributed by atoms with Crippen molar-refractivity contribution in [3.8, 4) is 0 Å². The minimum atomic E-state index is 0. The van der Waals surface area contributed by atoms with Gasteiger partial charge in [-0.2, -0.15) is 0 Å². The van der Waals surface area contributed by atoms with E-state index in [4.69, 9.17) is 0 Å². The second-order valence-corrected chi connectivity index (χ2v) is 7.24. The van der Waals surface area contributed by atoms with Gasteiger partial charge in [0.15, 0.2) is 5.96 Å². The molecular weight excluding hydrogens is 449 g/mol. The molecule has 1 unspecified atom stereocenters. The van der Waals surface area contributed by atoms with E-state index < -0.39 is 0 Å². The van der Waals surface area contributed by atoms with Gasteiger partial charge in [0, 0.05) is 43.4 Å². The Kier molecular flexibility index (Phi) is 9.70. The Hall–Kier alpha value is -0.900. The number of halogens is 1. The molecule has 6 nitrogen and oxygen atoms in total. The number of guanidine groups is 1. The van der Waals surface area contributed by atoms with Crippen LogP contribution in [0.5, 0.6) is 0 Å². The number of nitrogens with one attached hydrogen (secondary N) is 2. The van der Waals surface area contributed by atoms with Gasteiger partial charge in [-0.25, -0.2) is 9.98 Å². The summed E-state index contributed by atoms with van der Waals surface area (Å²) in [5.41, 5.74) is 1.01. The number of rotatable bonds is 6. The van der Waals surface area contributed by atoms with Crippen LogP contribution < -0.4 is 10.6 Å². The van der Waals surface area contributed by atoms with Gasteiger partial charge in [0.25, 0.3) is 0 Å². The highest BCUT2D eigenvalue weighted by molar-refractivity contribution is 14.0. The lowest BCUT2D eigenvalue weighted by molar-refractivity contribution is -0.129. The fourth-order valence-electron chi connectivity index (χ4n) is 2.66. The Balaban J connectivity index is 0.00000312. The van der Waals surface area contributed by atoms with Gasteiger partial charge in [0.1, 0.15) is 0 Å². The molecule has 0 bridgehead atoms. The molecule has 1 aliphatic rings. The Morgan fingerprint density at radius 1 is 1.48 bits per heavy atom. The Morgan fingerprint density at radius 2 is 2.24 bits per heavy atom. The van der Waals surface area contributed by atoms with Crippen molar-refractivity contribution in [2.24, 2.45) is 4.99 Å². The number of hydrogen-bond donors (Lipinski definition) is 2. The van der Waals surface area contributed by atoms with Gasteiger partial charge in [-0.1, -0.05) is 20.8 Å². The molecule has 2 heterocycles. The van der Waals surface area contributed by atoms with E-state index in [0.717, 1.165) is 42.7 Å². The number of nitrogens with zero attached hydrogens (tertiary/aromatic N) is 3. The minimum Gasteiger partial charge on any atom is -0.357 e. The number of carbonyl (C=O) groups is 1. The second kappa shape index (κ2) is 10.9. The van der Waals surface area contributed by atoms with Gasteiger partial charge in [-0.05, 0) is 13.3 Å². The van der Waals surface area contributed by atoms with E-state index in [2.05, 4.69) is 46.8 Å². The van der Waals surface area contributed by atoms with E-state index in [1.807, 2.05) is 11.8 Å². The summed E-state index contributed by atoms with van der Waals surface area (Å²) in [7, 11) is 0. The molecule has 2 rings (SSSR count). The van der Waals surface area contributed by atoms with Crippen LogP contribution in [0.25, 0.3) is 0 Å². The molecule has 0 spiro atoms. The maximum Gasteiger partial charge on any atom is 0.222 e. The van der Waals surface area contributed by atoms with E-state index in [1.165, 1.54) is 0 Å². The van der Waals surface area contributed by atoms with Crippen molar-refractivity contribution in [3.05, 3.63) is 16.1 Å². The largest absolute Gasteiger partial charge is 0.357 e. The van der Waals surface area contributed by atoms with Crippen molar-refractivity contribution < 1.29 is 4.79 Å². The molecule has 0 aliphatic carbocycles. The molecule has 25 heavy (non-hydrogen) atoms. The van der Waals surface area contributed by atoms with Gasteiger partial charge >= 0.3 is 0 Å². The topological polar surface area (TPSA) is 69.6 Å². The van der Waals surface area contributed by atoms with E-state index >= 15 is 0 Å². The van der Waals surface area contributed by atoms with Gasteiger partial charge in [0.2, 0.25) is 5.91 Å². The SMILES string of the molecule is CCNC(=NCc1csc(C(C)C)n1)NC1CCN(C(=O)CC)C1.I. The molecule has 0 radical (unpaired) electrons. The molecular formula is C17H30IN5OS. The smallest absolute Gasteiger partial charge is 0.222 e. The fraction of sp³-hybridized carbons (Fsp3) is 0.706. The summed E-state index contributed by atoms with van der Waals surface area (Å²) in [6.07, 6.45) is 1.53. The monoisotopic (exact) mass is 479 g/mol. The highest BCUT2D eigenvalue weighted by atomic mass is 127. The molecule has 1 atom stereocenters. The average molecular weight is 479 g/mol. The zero-order chi connectivity index (χ0) is 17.5. The predicted octanol–water partition coefficient (Wildman–Crippen LogP) is 2.95. The van der Waals surface area contributed by atoms with Crippen LogP contribution in [-0.4, -0.2) is 47.4 Å². The van der Waals surface area contributed by atoms with Gasteiger partial charge < -0.3 is 15.5 Å². The molecule has 1 aromatic rings. The molecule has 1 aromatic heterocycles. The summed E-state index contributed by atoms with van der Waals surface area (Å²) < 4.78 is 0. The molecule has 1 fully saturated rings. The third-order valence-corrected chi connectivity index (χ3v) is 5.19. The van der Waals surface area contributed by atoms with Crippen LogP contribution in [0, 0.1) is 0 Å². The fourth-order valence-corrected chi connectivity index (χ4v) is 3.49. The van der Waals surface area contributed by atoms with Crippen LogP contribution >= 0.6 is 35.3 Å². The van der Waals surface area contributed by atoms with Gasteiger partial charge in [-0.3, -0.25) is 4.79 Å². The van der Waals surface area contributed by atoms with Crippen molar-refractivity contribution in [3.63, 3.8) is 0 Å². The van der Waals surface area contributed by atoms with Crippen LogP contribution in [0.3, 0.4) is 0 Å². The summed E-state index contributed by atoms with van der Waals surface area (Å²) in [6.45, 7) is 11.2. The average Bonchev–Trinajstić information content (AvgIpc) is 3.21. The molecule has 2 N–H and O–H groups in total. The first-order chi connectivity index (χ1) is 11.5. The van der Waals surface area contributed by atoms with E-state index in [9.17, 15) is 4.79 Å². The van der Waals surface area contributed by atoms with Crippen LogP contribution in [0.1, 0.15) is 57.2 Å². The molecule has 8 heteroatoms. The van der Waals surface area contributed by atoms with Crippen LogP contribution in [0.2, 0.25) is 0 Å². The zero-order valence-electron chi connectivity index (χ0n) is 15.5. The van der Waals surface area contributed by atoms with Crippen LogP contribution in [0.15, 0.2) is 10.4 Å². The highest BCUT2D eigenvalue weighted by Gasteiger charge is 2.25. The van der Waals surface area contributed by atoms with Crippen molar-refractivity contribution in [1.29, 1.82) is 0 Å². The lowest BCUT2D eigenvalue weighted by Gasteiger charge is -2.18. The molecule has 0 saturated carbocycles. The normalized spacial score (nSPS) is 17.6. The standard InChI is InChI=1S/C17H29N5OS.HI/c1-5-15(23)22-8-7-13(10-22)21-17(18-6-2)19-9-14-11-24-16(20-14)12(3)4;/h11-13H,5-10H2,1-4H3,(H2,18,19,21);1H. The minimum absolute atomic E-state index is 0. The van der Waals surface area contributed by atoms with Crippen LogP contribution in [-0.2, 0) is 11.3 Å². The summed E-state index contributed by atoms with van der Waals surface area (Å²) in [6, 6.07) is 0.264. The number of aliphatic imine (C=N–C) groups is 1. The first-order valence-corrected chi connectivity index (χ1v) is 9.68. The van der Waals surface area contributed by atoms with E-state index in [-0.39, 0.29) is 35.9 Å². The molecule has 1 amide bonds. The van der Waals surface area contributed by atoms with Crippen molar-refractivity contribution >= 4 is 47.2 Å². The van der Waals surface area contributed by atoms with Crippen molar-refractivity contribution in [2.75, 3.05) is 19.6 Å². The van der Waals surface area contributed by atoms with E-state index in [1.54, 1.807) is 11.3 Å². The quantitative estimate of drug-likeness (QED) is 0.374. The number of amides is 1. The van der Waals surface area contributed by atoms with Gasteiger partial charge in [0.05, 0.1) is 17.2 Å². The molecule has 0 aromatic carbocycles. The number of carbonyl (C=O) groups excluding carboxylic acids is 1. The lowest BCUT2D eigenvalue weighted by atomic mass is 10.2. The third kappa shape index (κ3) is 6.73. The first kappa shape index (κ1) is 22.1. The number of aromatic nitrogens is 1. The highest BCUT2D eigenvalue weighted by Crippen LogP contribution is 2.19. The number of likely N-dealkylation sites (tertiary alicyclic amines) is 1. The van der Waals surface area contributed by atoms with Crippen LogP contribution in [0.4, 0.5) is 0 Å². The predicted molar refractivity (Wildman–Crippen MR) is 115 cm³/mol.